The number of nitrogens with zero attached hydrogens (tertiary/aromatic N) is 7. The number of hydroxylamine groups is 3. The Balaban J connectivity index is 0.00000107. The van der Waals surface area contributed by atoms with Gasteiger partial charge in [-0.25, -0.2) is 15.1 Å². The molecular weight excluding hydrogens is 1400 g/mol. The molecule has 4 fully saturated rings. The molecule has 0 spiro atoms. The summed E-state index contributed by atoms with van der Waals surface area (Å²) in [5.74, 6) is -7.86. The molecule has 600 valence electrons. The topological polar surface area (TPSA) is 588 Å². The predicted octanol–water partition coefficient (Wildman–Crippen LogP) is -9.30. The van der Waals surface area contributed by atoms with Crippen molar-refractivity contribution in [3.8, 4) is 0 Å². The molecule has 12 atom stereocenters. The maximum atomic E-state index is 12.4. The summed E-state index contributed by atoms with van der Waals surface area (Å²) in [6, 6.07) is -1.73. The van der Waals surface area contributed by atoms with Gasteiger partial charge in [-0.3, -0.25) is 58.0 Å². The van der Waals surface area contributed by atoms with Crippen LogP contribution in [0.1, 0.15) is 25.7 Å². The molecule has 4 saturated heterocycles. The van der Waals surface area contributed by atoms with Crippen molar-refractivity contribution in [2.45, 2.75) is 99.1 Å². The lowest BCUT2D eigenvalue weighted by Gasteiger charge is -2.46. The van der Waals surface area contributed by atoms with Crippen LogP contribution in [-0.4, -0.2) is 449 Å². The number of aliphatic carboxylic acids is 6. The molecule has 0 aromatic rings. The van der Waals surface area contributed by atoms with Gasteiger partial charge in [-0.05, 0) is 26.9 Å². The number of aliphatic hydroxyl groups excluding tert-OH is 5. The van der Waals surface area contributed by atoms with Gasteiger partial charge in [0.15, 0.2) is 24.7 Å². The van der Waals surface area contributed by atoms with Crippen molar-refractivity contribution in [2.75, 3.05) is 225 Å². The van der Waals surface area contributed by atoms with Gasteiger partial charge in [0.05, 0.1) is 106 Å². The van der Waals surface area contributed by atoms with Crippen LogP contribution in [0.2, 0.25) is 0 Å². The lowest BCUT2D eigenvalue weighted by molar-refractivity contribution is -0.358. The summed E-state index contributed by atoms with van der Waals surface area (Å²) in [6.07, 6.45) is -18.8. The zero-order valence-electron chi connectivity index (χ0n) is 58.9. The number of amides is 2. The van der Waals surface area contributed by atoms with Gasteiger partial charge in [0.25, 0.3) is 0 Å². The third-order valence-corrected chi connectivity index (χ3v) is 15.9. The van der Waals surface area contributed by atoms with E-state index >= 15 is 0 Å². The SMILES string of the molecule is CN1CCN(CC(=O)O)CCN(C(CCC(=O)NCCOCCOCCOCCON(C)C2OC(C(=O)O)C(OC3OC(C(=O)O)C(O)C(O)C3O)C(O)C2O)C(=O)O)CC1.CNOCCOCCOCCOCCNC(=O)CCC(C(=O)O)N1CCN(C)CCN(CC(=O)O)CC1.O=C=O.O=C=O. The van der Waals surface area contributed by atoms with Gasteiger partial charge >= 0.3 is 48.1 Å². The Morgan fingerprint density at radius 1 is 0.471 bits per heavy atom. The smallest absolute Gasteiger partial charge is 0.373 e. The Labute approximate surface area is 599 Å². The number of ether oxygens (including phenoxy) is 9. The minimum absolute atomic E-state index is 0.0181. The molecule has 0 radical (unpaired) electrons. The number of carboxylic acids is 6. The number of carbonyl (C=O) groups is 8. The number of likely N-dealkylation sites (N-methyl/N-ethyl adjacent to an activating group) is 3. The number of carboxylic acid groups (broad SMARTS) is 6. The molecule has 0 bridgehead atoms. The minimum Gasteiger partial charge on any atom is -0.480 e. The fraction of sp³-hybridized carbons (Fsp3) is 0.833. The highest BCUT2D eigenvalue weighted by molar-refractivity contribution is 5.79. The molecule has 104 heavy (non-hydrogen) atoms. The van der Waals surface area contributed by atoms with E-state index in [0.29, 0.717) is 131 Å². The minimum atomic E-state index is -2.07. The van der Waals surface area contributed by atoms with Crippen LogP contribution in [0.15, 0.2) is 0 Å². The summed E-state index contributed by atoms with van der Waals surface area (Å²) >= 11 is 0. The quantitative estimate of drug-likeness (QED) is 0.0199. The summed E-state index contributed by atoms with van der Waals surface area (Å²) in [5.41, 5.74) is 2.56. The zero-order chi connectivity index (χ0) is 77.9. The molecule has 4 rings (SSSR count). The van der Waals surface area contributed by atoms with Crippen LogP contribution >= 0.6 is 0 Å². The lowest BCUT2D eigenvalue weighted by Crippen LogP contribution is -2.67. The summed E-state index contributed by atoms with van der Waals surface area (Å²) < 4.78 is 48.1. The van der Waals surface area contributed by atoms with Gasteiger partial charge in [-0.1, -0.05) is 0 Å². The summed E-state index contributed by atoms with van der Waals surface area (Å²) in [5, 5.41) is 115. The Bertz CT molecular complexity index is 2500. The van der Waals surface area contributed by atoms with E-state index in [0.717, 1.165) is 5.06 Å². The van der Waals surface area contributed by atoms with E-state index in [-0.39, 0.29) is 116 Å². The van der Waals surface area contributed by atoms with Crippen LogP contribution < -0.4 is 16.1 Å². The molecule has 12 unspecified atom stereocenters. The van der Waals surface area contributed by atoms with Crippen LogP contribution in [-0.2, 0) is 110 Å². The predicted molar refractivity (Wildman–Crippen MR) is 345 cm³/mol. The third-order valence-electron chi connectivity index (χ3n) is 15.9. The van der Waals surface area contributed by atoms with Crippen LogP contribution in [0.25, 0.3) is 0 Å². The first kappa shape index (κ1) is 95.6. The maximum Gasteiger partial charge on any atom is 0.373 e. The largest absolute Gasteiger partial charge is 0.480 e. The highest BCUT2D eigenvalue weighted by Crippen LogP contribution is 2.31. The van der Waals surface area contributed by atoms with Crippen molar-refractivity contribution in [3.63, 3.8) is 0 Å². The van der Waals surface area contributed by atoms with E-state index in [9.17, 15) is 89.4 Å². The van der Waals surface area contributed by atoms with Crippen LogP contribution in [0, 0.1) is 0 Å². The van der Waals surface area contributed by atoms with Crippen LogP contribution in [0.4, 0.5) is 0 Å². The summed E-state index contributed by atoms with van der Waals surface area (Å²) in [7, 11) is 6.79. The number of hydrogen-bond donors (Lipinski definition) is 14. The molecule has 4 aliphatic rings. The van der Waals surface area contributed by atoms with E-state index in [1.165, 1.54) is 7.05 Å². The summed E-state index contributed by atoms with van der Waals surface area (Å²) in [6.45, 7) is 10.6. The average Bonchev–Trinajstić information content (AvgIpc) is 0.823. The fourth-order valence-corrected chi connectivity index (χ4v) is 10.3. The average molecular weight is 1510 g/mol. The Morgan fingerprint density at radius 3 is 1.22 bits per heavy atom. The van der Waals surface area contributed by atoms with Crippen molar-refractivity contribution in [3.05, 3.63) is 0 Å². The van der Waals surface area contributed by atoms with E-state index < -0.39 is 109 Å². The van der Waals surface area contributed by atoms with Crippen molar-refractivity contribution < 1.29 is 166 Å². The fourth-order valence-electron chi connectivity index (χ4n) is 10.3. The first-order valence-corrected chi connectivity index (χ1v) is 33.2. The second-order valence-electron chi connectivity index (χ2n) is 23.4. The monoisotopic (exact) mass is 1510 g/mol. The van der Waals surface area contributed by atoms with Gasteiger partial charge in [-0.15, -0.1) is 0 Å². The molecule has 44 heteroatoms. The lowest BCUT2D eigenvalue weighted by atomic mass is 9.96. The van der Waals surface area contributed by atoms with Gasteiger partial charge in [-0.2, -0.15) is 24.2 Å². The van der Waals surface area contributed by atoms with Crippen molar-refractivity contribution in [2.24, 2.45) is 0 Å². The number of hydrogen-bond acceptors (Lipinski definition) is 36. The summed E-state index contributed by atoms with van der Waals surface area (Å²) in [4.78, 5) is 149. The van der Waals surface area contributed by atoms with Crippen LogP contribution in [0.3, 0.4) is 0 Å². The molecule has 0 aromatic heterocycles. The number of carbonyl (C=O) groups excluding carboxylic acids is 6. The molecule has 0 aliphatic carbocycles. The molecule has 4 aliphatic heterocycles. The van der Waals surface area contributed by atoms with Gasteiger partial charge in [0.2, 0.25) is 11.8 Å². The highest BCUT2D eigenvalue weighted by atomic mass is 16.7. The number of nitrogens with one attached hydrogen (secondary N) is 3. The molecule has 14 N–H and O–H groups in total. The first-order valence-electron chi connectivity index (χ1n) is 33.2. The first-order chi connectivity index (χ1) is 49.6. The maximum absolute atomic E-state index is 12.4. The molecule has 44 nitrogen and oxygen atoms in total. The van der Waals surface area contributed by atoms with Crippen molar-refractivity contribution in [1.82, 2.24) is 50.6 Å². The second kappa shape index (κ2) is 56.8. The van der Waals surface area contributed by atoms with Crippen LogP contribution in [0.5, 0.6) is 0 Å². The van der Waals surface area contributed by atoms with Gasteiger partial charge in [0, 0.05) is 119 Å². The second-order valence-corrected chi connectivity index (χ2v) is 23.4. The Morgan fingerprint density at radius 2 is 0.837 bits per heavy atom. The molecule has 0 saturated carbocycles. The normalized spacial score (nSPS) is 23.9. The van der Waals surface area contributed by atoms with E-state index in [4.69, 9.17) is 76.6 Å². The van der Waals surface area contributed by atoms with E-state index in [1.54, 1.807) is 16.8 Å². The highest BCUT2D eigenvalue weighted by Gasteiger charge is 2.54. The number of rotatable bonds is 45. The molecule has 4 heterocycles. The van der Waals surface area contributed by atoms with Gasteiger partial charge < -0.3 is 119 Å². The van der Waals surface area contributed by atoms with E-state index in [1.807, 2.05) is 28.8 Å². The zero-order valence-corrected chi connectivity index (χ0v) is 58.9. The Hall–Kier alpha value is -6.44. The molecule has 0 aromatic carbocycles. The molecule has 2 amide bonds. The van der Waals surface area contributed by atoms with Gasteiger partial charge in [0.1, 0.15) is 48.7 Å². The van der Waals surface area contributed by atoms with Crippen molar-refractivity contribution >= 4 is 59.9 Å². The van der Waals surface area contributed by atoms with Crippen molar-refractivity contribution in [1.29, 1.82) is 0 Å². The Kier molecular flexibility index (Phi) is 52.2. The standard InChI is InChI=1S/C35H61N5O21.C23H45N5O9.2CO2/c1-37-6-8-39(19-22(42)43)9-11-40(10-7-37)20(32(49)50)3-4-21(41)36-5-12-55-13-14-56-15-16-57-17-18-58-38(2)31-26(47)25(46)28(30(59-31)34(53)54)60-35-27(48)23(44)24(45)29(61-35)33(51)52;1-24-37-18-17-36-16-15-35-14-13-34-12-5-25-21(29)4-3-20(23(32)33)28-10-7-26(2)6-8-27(9-11-28)19-22(30)31;2*2-1-3/h20,23-31,35,44-48H,3-19H2,1-2H3,(H,36,41)(H,42,43)(H,49,50)(H,51,52)(H,53,54);20,24H,3-19H2,1-2H3,(H,25,29)(H,30,31)(H,32,33);;. The van der Waals surface area contributed by atoms with E-state index in [2.05, 4.69) is 21.0 Å². The molecular formula is C60H106N10O34. The number of aliphatic hydroxyl groups is 5. The third kappa shape index (κ3) is 40.9.